The van der Waals surface area contributed by atoms with Gasteiger partial charge in [-0.15, -0.1) is 0 Å². The average molecular weight is 156 g/mol. The summed E-state index contributed by atoms with van der Waals surface area (Å²) in [5, 5.41) is 9.48. The SMILES string of the molecule is CC(C)=CC(O)CC(C)(C)C. The summed E-state index contributed by atoms with van der Waals surface area (Å²) >= 11 is 0. The second-order valence-corrected chi connectivity index (χ2v) is 4.58. The average Bonchev–Trinajstić information content (AvgIpc) is 1.53. The van der Waals surface area contributed by atoms with Crippen LogP contribution in [0.1, 0.15) is 41.0 Å². The molecule has 0 aliphatic rings. The van der Waals surface area contributed by atoms with Crippen molar-refractivity contribution in [3.63, 3.8) is 0 Å². The van der Waals surface area contributed by atoms with Crippen molar-refractivity contribution in [1.82, 2.24) is 0 Å². The topological polar surface area (TPSA) is 20.2 Å². The molecule has 0 aliphatic heterocycles. The van der Waals surface area contributed by atoms with E-state index in [4.69, 9.17) is 0 Å². The number of aliphatic hydroxyl groups excluding tert-OH is 1. The molecule has 0 rings (SSSR count). The summed E-state index contributed by atoms with van der Waals surface area (Å²) in [6.45, 7) is 10.4. The zero-order valence-electron chi connectivity index (χ0n) is 8.31. The molecule has 1 unspecified atom stereocenters. The molecule has 66 valence electrons. The van der Waals surface area contributed by atoms with Gasteiger partial charge >= 0.3 is 0 Å². The largest absolute Gasteiger partial charge is 0.389 e. The quantitative estimate of drug-likeness (QED) is 0.609. The van der Waals surface area contributed by atoms with E-state index in [1.165, 1.54) is 5.57 Å². The summed E-state index contributed by atoms with van der Waals surface area (Å²) in [6, 6.07) is 0. The van der Waals surface area contributed by atoms with E-state index < -0.39 is 0 Å². The van der Waals surface area contributed by atoms with Gasteiger partial charge in [-0.1, -0.05) is 32.4 Å². The summed E-state index contributed by atoms with van der Waals surface area (Å²) in [7, 11) is 0. The molecule has 0 heterocycles. The zero-order chi connectivity index (χ0) is 9.07. The van der Waals surface area contributed by atoms with Crippen molar-refractivity contribution in [2.24, 2.45) is 5.41 Å². The number of allylic oxidation sites excluding steroid dienone is 1. The predicted octanol–water partition coefficient (Wildman–Crippen LogP) is 2.75. The van der Waals surface area contributed by atoms with Crippen LogP contribution >= 0.6 is 0 Å². The lowest BCUT2D eigenvalue weighted by Crippen LogP contribution is -2.15. The second-order valence-electron chi connectivity index (χ2n) is 4.58. The fourth-order valence-electron chi connectivity index (χ4n) is 1.07. The lowest BCUT2D eigenvalue weighted by Gasteiger charge is -2.20. The van der Waals surface area contributed by atoms with Crippen LogP contribution in [0.15, 0.2) is 11.6 Å². The van der Waals surface area contributed by atoms with E-state index in [1.54, 1.807) is 0 Å². The Kier molecular flexibility index (Phi) is 3.81. The van der Waals surface area contributed by atoms with Crippen LogP contribution in [0, 0.1) is 5.41 Å². The van der Waals surface area contributed by atoms with Gasteiger partial charge in [0.1, 0.15) is 0 Å². The number of hydrogen-bond acceptors (Lipinski definition) is 1. The highest BCUT2D eigenvalue weighted by molar-refractivity contribution is 4.98. The van der Waals surface area contributed by atoms with Gasteiger partial charge in [0.05, 0.1) is 6.10 Å². The van der Waals surface area contributed by atoms with E-state index in [-0.39, 0.29) is 11.5 Å². The summed E-state index contributed by atoms with van der Waals surface area (Å²) < 4.78 is 0. The smallest absolute Gasteiger partial charge is 0.0728 e. The maximum absolute atomic E-state index is 9.48. The van der Waals surface area contributed by atoms with Gasteiger partial charge in [-0.3, -0.25) is 0 Å². The number of rotatable bonds is 2. The molecule has 0 fully saturated rings. The molecule has 0 spiro atoms. The molecule has 0 bridgehead atoms. The van der Waals surface area contributed by atoms with Gasteiger partial charge in [0, 0.05) is 0 Å². The fourth-order valence-corrected chi connectivity index (χ4v) is 1.07. The van der Waals surface area contributed by atoms with Crippen molar-refractivity contribution < 1.29 is 5.11 Å². The maximum atomic E-state index is 9.48. The summed E-state index contributed by atoms with van der Waals surface area (Å²) in [6.07, 6.45) is 2.46. The van der Waals surface area contributed by atoms with Crippen molar-refractivity contribution in [1.29, 1.82) is 0 Å². The van der Waals surface area contributed by atoms with Crippen LogP contribution in [0.3, 0.4) is 0 Å². The molecule has 0 aromatic rings. The first-order valence-electron chi connectivity index (χ1n) is 4.14. The van der Waals surface area contributed by atoms with Crippen LogP contribution in [-0.2, 0) is 0 Å². The van der Waals surface area contributed by atoms with E-state index in [1.807, 2.05) is 19.9 Å². The molecule has 0 radical (unpaired) electrons. The Bertz CT molecular complexity index is 135. The molecular weight excluding hydrogens is 136 g/mol. The van der Waals surface area contributed by atoms with Gasteiger partial charge in [0.2, 0.25) is 0 Å². The summed E-state index contributed by atoms with van der Waals surface area (Å²) in [5.74, 6) is 0. The van der Waals surface area contributed by atoms with Crippen molar-refractivity contribution in [3.8, 4) is 0 Å². The monoisotopic (exact) mass is 156 g/mol. The van der Waals surface area contributed by atoms with Crippen LogP contribution in [0.4, 0.5) is 0 Å². The minimum Gasteiger partial charge on any atom is -0.389 e. The predicted molar refractivity (Wildman–Crippen MR) is 49.5 cm³/mol. The van der Waals surface area contributed by atoms with Crippen LogP contribution in [-0.4, -0.2) is 11.2 Å². The Hall–Kier alpha value is -0.300. The van der Waals surface area contributed by atoms with E-state index in [0.29, 0.717) is 0 Å². The van der Waals surface area contributed by atoms with Crippen molar-refractivity contribution in [2.45, 2.75) is 47.1 Å². The van der Waals surface area contributed by atoms with E-state index in [9.17, 15) is 5.11 Å². The van der Waals surface area contributed by atoms with Crippen LogP contribution in [0.25, 0.3) is 0 Å². The van der Waals surface area contributed by atoms with Gasteiger partial charge < -0.3 is 5.11 Å². The van der Waals surface area contributed by atoms with Crippen LogP contribution in [0.5, 0.6) is 0 Å². The van der Waals surface area contributed by atoms with E-state index in [0.717, 1.165) is 6.42 Å². The lowest BCUT2D eigenvalue weighted by molar-refractivity contribution is 0.161. The van der Waals surface area contributed by atoms with E-state index in [2.05, 4.69) is 20.8 Å². The third kappa shape index (κ3) is 7.60. The Morgan fingerprint density at radius 1 is 1.36 bits per heavy atom. The first-order chi connectivity index (χ1) is 4.81. The normalized spacial score (nSPS) is 14.4. The van der Waals surface area contributed by atoms with Gasteiger partial charge in [-0.2, -0.15) is 0 Å². The van der Waals surface area contributed by atoms with Gasteiger partial charge in [-0.05, 0) is 25.7 Å². The fraction of sp³-hybridized carbons (Fsp3) is 0.800. The van der Waals surface area contributed by atoms with Crippen molar-refractivity contribution in [3.05, 3.63) is 11.6 Å². The molecule has 0 amide bonds. The number of aliphatic hydroxyl groups is 1. The van der Waals surface area contributed by atoms with Gasteiger partial charge in [-0.25, -0.2) is 0 Å². The first kappa shape index (κ1) is 10.7. The third-order valence-electron chi connectivity index (χ3n) is 1.35. The summed E-state index contributed by atoms with van der Waals surface area (Å²) in [5.41, 5.74) is 1.40. The van der Waals surface area contributed by atoms with Crippen molar-refractivity contribution in [2.75, 3.05) is 0 Å². The van der Waals surface area contributed by atoms with E-state index >= 15 is 0 Å². The van der Waals surface area contributed by atoms with Gasteiger partial charge in [0.25, 0.3) is 0 Å². The Morgan fingerprint density at radius 3 is 2.09 bits per heavy atom. The molecule has 11 heavy (non-hydrogen) atoms. The maximum Gasteiger partial charge on any atom is 0.0728 e. The third-order valence-corrected chi connectivity index (χ3v) is 1.35. The molecule has 1 heteroatoms. The standard InChI is InChI=1S/C10H20O/c1-8(2)6-9(11)7-10(3,4)5/h6,9,11H,7H2,1-5H3. The highest BCUT2D eigenvalue weighted by atomic mass is 16.3. The molecule has 1 atom stereocenters. The molecule has 1 N–H and O–H groups in total. The second kappa shape index (κ2) is 3.91. The van der Waals surface area contributed by atoms with Gasteiger partial charge in [0.15, 0.2) is 0 Å². The molecular formula is C10H20O. The summed E-state index contributed by atoms with van der Waals surface area (Å²) in [4.78, 5) is 0. The Labute approximate surface area is 70.1 Å². The Balaban J connectivity index is 3.89. The Morgan fingerprint density at radius 2 is 1.82 bits per heavy atom. The first-order valence-corrected chi connectivity index (χ1v) is 4.14. The molecule has 1 nitrogen and oxygen atoms in total. The lowest BCUT2D eigenvalue weighted by atomic mass is 9.89. The highest BCUT2D eigenvalue weighted by Gasteiger charge is 2.14. The molecule has 0 aromatic carbocycles. The molecule has 0 saturated heterocycles. The molecule has 0 aliphatic carbocycles. The minimum absolute atomic E-state index is 0.214. The minimum atomic E-state index is -0.278. The molecule has 0 saturated carbocycles. The zero-order valence-corrected chi connectivity index (χ0v) is 8.31. The van der Waals surface area contributed by atoms with Crippen LogP contribution in [0.2, 0.25) is 0 Å². The highest BCUT2D eigenvalue weighted by Crippen LogP contribution is 2.21. The number of hydrogen-bond donors (Lipinski definition) is 1. The van der Waals surface area contributed by atoms with Crippen molar-refractivity contribution >= 4 is 0 Å². The molecule has 0 aromatic heterocycles. The van der Waals surface area contributed by atoms with Crippen LogP contribution < -0.4 is 0 Å².